The van der Waals surface area contributed by atoms with Gasteiger partial charge in [-0.25, -0.2) is 0 Å². The molecule has 0 saturated heterocycles. The number of H-pyrrole nitrogens is 1. The maximum atomic E-state index is 12.0. The Hall–Kier alpha value is -2.30. The highest BCUT2D eigenvalue weighted by molar-refractivity contribution is 6.01. The van der Waals surface area contributed by atoms with E-state index in [4.69, 9.17) is 0 Å². The fourth-order valence-corrected chi connectivity index (χ4v) is 2.10. The molecule has 0 radical (unpaired) electrons. The first kappa shape index (κ1) is 14.1. The van der Waals surface area contributed by atoms with Crippen molar-refractivity contribution in [3.05, 3.63) is 40.2 Å². The van der Waals surface area contributed by atoms with Crippen molar-refractivity contribution in [2.45, 2.75) is 26.2 Å². The Balaban J connectivity index is 2.29. The summed E-state index contributed by atoms with van der Waals surface area (Å²) in [5.74, 6) is -0.803. The average Bonchev–Trinajstić information content (AvgIpc) is 2.43. The highest BCUT2D eigenvalue weighted by Gasteiger charge is 2.18. The van der Waals surface area contributed by atoms with Crippen LogP contribution in [0.5, 0.6) is 5.75 Å². The van der Waals surface area contributed by atoms with E-state index >= 15 is 0 Å². The number of aromatic hydroxyl groups is 1. The van der Waals surface area contributed by atoms with E-state index in [0.717, 1.165) is 19.3 Å². The zero-order chi connectivity index (χ0) is 14.5. The van der Waals surface area contributed by atoms with E-state index in [-0.39, 0.29) is 11.3 Å². The summed E-state index contributed by atoms with van der Waals surface area (Å²) in [6.07, 6.45) is 2.92. The Morgan fingerprint density at radius 2 is 2.05 bits per heavy atom. The maximum Gasteiger partial charge on any atom is 0.265 e. The Kier molecular flexibility index (Phi) is 4.40. The highest BCUT2D eigenvalue weighted by Crippen LogP contribution is 2.24. The molecule has 1 aromatic heterocycles. The summed E-state index contributed by atoms with van der Waals surface area (Å²) in [7, 11) is 0. The van der Waals surface area contributed by atoms with Crippen molar-refractivity contribution in [3.63, 3.8) is 0 Å². The van der Waals surface area contributed by atoms with Crippen molar-refractivity contribution in [3.8, 4) is 5.75 Å². The van der Waals surface area contributed by atoms with Crippen LogP contribution in [0.3, 0.4) is 0 Å². The molecule has 0 atom stereocenters. The van der Waals surface area contributed by atoms with Crippen LogP contribution < -0.4 is 10.9 Å². The van der Waals surface area contributed by atoms with E-state index in [1.807, 2.05) is 0 Å². The minimum absolute atomic E-state index is 0.222. The van der Waals surface area contributed by atoms with Crippen LogP contribution in [0.1, 0.15) is 36.5 Å². The van der Waals surface area contributed by atoms with Gasteiger partial charge in [0, 0.05) is 11.9 Å². The number of carbonyl (C=O) groups excluding carboxylic acids is 1. The summed E-state index contributed by atoms with van der Waals surface area (Å²) in [5.41, 5.74) is -0.285. The van der Waals surface area contributed by atoms with Crippen LogP contribution >= 0.6 is 0 Å². The predicted octanol–water partition coefficient (Wildman–Crippen LogP) is 2.15. The average molecular weight is 274 g/mol. The molecule has 1 aromatic carbocycles. The van der Waals surface area contributed by atoms with E-state index in [1.54, 1.807) is 24.3 Å². The lowest BCUT2D eigenvalue weighted by atomic mass is 10.1. The molecule has 0 bridgehead atoms. The summed E-state index contributed by atoms with van der Waals surface area (Å²) in [4.78, 5) is 26.5. The first-order chi connectivity index (χ1) is 9.65. The van der Waals surface area contributed by atoms with Gasteiger partial charge in [0.2, 0.25) is 0 Å². The number of hydrogen-bond acceptors (Lipinski definition) is 3. The van der Waals surface area contributed by atoms with Gasteiger partial charge in [0.15, 0.2) is 0 Å². The Morgan fingerprint density at radius 3 is 2.80 bits per heavy atom. The lowest BCUT2D eigenvalue weighted by Gasteiger charge is -2.08. The van der Waals surface area contributed by atoms with E-state index < -0.39 is 11.5 Å². The Bertz CT molecular complexity index is 676. The summed E-state index contributed by atoms with van der Waals surface area (Å²) in [5, 5.41) is 13.2. The van der Waals surface area contributed by atoms with Crippen molar-refractivity contribution >= 4 is 16.8 Å². The molecule has 0 fully saturated rings. The minimum atomic E-state index is -0.575. The molecule has 1 amide bonds. The maximum absolute atomic E-state index is 12.0. The first-order valence-electron chi connectivity index (χ1n) is 6.77. The Labute approximate surface area is 116 Å². The van der Waals surface area contributed by atoms with Crippen molar-refractivity contribution in [1.29, 1.82) is 0 Å². The van der Waals surface area contributed by atoms with Gasteiger partial charge in [0.1, 0.15) is 11.3 Å². The number of nitrogens with one attached hydrogen (secondary N) is 2. The zero-order valence-corrected chi connectivity index (χ0v) is 11.4. The van der Waals surface area contributed by atoms with Gasteiger partial charge < -0.3 is 15.4 Å². The van der Waals surface area contributed by atoms with Gasteiger partial charge in [-0.15, -0.1) is 0 Å². The number of carbonyl (C=O) groups is 1. The van der Waals surface area contributed by atoms with E-state index in [2.05, 4.69) is 17.2 Å². The van der Waals surface area contributed by atoms with Gasteiger partial charge in [-0.2, -0.15) is 0 Å². The van der Waals surface area contributed by atoms with Crippen molar-refractivity contribution in [1.82, 2.24) is 10.3 Å². The lowest BCUT2D eigenvalue weighted by Crippen LogP contribution is -2.30. The van der Waals surface area contributed by atoms with Crippen molar-refractivity contribution in [2.75, 3.05) is 6.54 Å². The van der Waals surface area contributed by atoms with E-state index in [0.29, 0.717) is 17.4 Å². The summed E-state index contributed by atoms with van der Waals surface area (Å²) in [6.45, 7) is 2.57. The largest absolute Gasteiger partial charge is 0.506 e. The van der Waals surface area contributed by atoms with Crippen LogP contribution in [0.4, 0.5) is 0 Å². The van der Waals surface area contributed by atoms with Crippen LogP contribution in [0, 0.1) is 0 Å². The normalized spacial score (nSPS) is 10.7. The minimum Gasteiger partial charge on any atom is -0.506 e. The highest BCUT2D eigenvalue weighted by atomic mass is 16.3. The SMILES string of the molecule is CCCCCNC(=O)c1c(O)c2ccccc2[nH]c1=O. The van der Waals surface area contributed by atoms with Gasteiger partial charge in [-0.1, -0.05) is 31.9 Å². The quantitative estimate of drug-likeness (QED) is 0.731. The number of para-hydroxylation sites is 1. The standard InChI is InChI=1S/C15H18N2O3/c1-2-3-6-9-16-14(19)12-13(18)10-7-4-5-8-11(10)17-15(12)20/h4-5,7-8H,2-3,6,9H2,1H3,(H,16,19)(H2,17,18,20). The Morgan fingerprint density at radius 1 is 1.30 bits per heavy atom. The van der Waals surface area contributed by atoms with Crippen molar-refractivity contribution < 1.29 is 9.90 Å². The molecular formula is C15H18N2O3. The van der Waals surface area contributed by atoms with Crippen molar-refractivity contribution in [2.24, 2.45) is 0 Å². The molecule has 5 heteroatoms. The summed E-state index contributed by atoms with van der Waals surface area (Å²) < 4.78 is 0. The van der Waals surface area contributed by atoms with Crippen LogP contribution in [0.15, 0.2) is 29.1 Å². The van der Waals surface area contributed by atoms with Crippen LogP contribution in [0.25, 0.3) is 10.9 Å². The second kappa shape index (κ2) is 6.23. The molecule has 2 aromatic rings. The molecule has 1 heterocycles. The van der Waals surface area contributed by atoms with Crippen LogP contribution in [-0.2, 0) is 0 Å². The van der Waals surface area contributed by atoms with Gasteiger partial charge in [-0.3, -0.25) is 9.59 Å². The molecule has 106 valence electrons. The molecule has 0 spiro atoms. The number of amides is 1. The molecule has 0 saturated carbocycles. The van der Waals surface area contributed by atoms with Crippen LogP contribution in [0.2, 0.25) is 0 Å². The lowest BCUT2D eigenvalue weighted by molar-refractivity contribution is 0.0949. The molecule has 3 N–H and O–H groups in total. The van der Waals surface area contributed by atoms with E-state index in [1.165, 1.54) is 0 Å². The number of unbranched alkanes of at least 4 members (excludes halogenated alkanes) is 2. The first-order valence-corrected chi connectivity index (χ1v) is 6.77. The number of benzene rings is 1. The number of aromatic nitrogens is 1. The fourth-order valence-electron chi connectivity index (χ4n) is 2.10. The molecule has 0 aliphatic rings. The number of hydrogen-bond donors (Lipinski definition) is 3. The molecule has 0 aliphatic heterocycles. The van der Waals surface area contributed by atoms with Gasteiger partial charge >= 0.3 is 0 Å². The third-order valence-electron chi connectivity index (χ3n) is 3.19. The molecular weight excluding hydrogens is 256 g/mol. The van der Waals surface area contributed by atoms with Gasteiger partial charge in [0.25, 0.3) is 11.5 Å². The topological polar surface area (TPSA) is 82.2 Å². The van der Waals surface area contributed by atoms with Gasteiger partial charge in [0.05, 0.1) is 5.52 Å². The van der Waals surface area contributed by atoms with Gasteiger partial charge in [-0.05, 0) is 18.6 Å². The second-order valence-corrected chi connectivity index (χ2v) is 4.69. The molecule has 0 unspecified atom stereocenters. The predicted molar refractivity (Wildman–Crippen MR) is 78.1 cm³/mol. The molecule has 0 aliphatic carbocycles. The van der Waals surface area contributed by atoms with E-state index in [9.17, 15) is 14.7 Å². The smallest absolute Gasteiger partial charge is 0.265 e. The molecule has 5 nitrogen and oxygen atoms in total. The molecule has 20 heavy (non-hydrogen) atoms. The second-order valence-electron chi connectivity index (χ2n) is 4.69. The zero-order valence-electron chi connectivity index (χ0n) is 11.4. The fraction of sp³-hybridized carbons (Fsp3) is 0.333. The number of rotatable bonds is 5. The summed E-state index contributed by atoms with van der Waals surface area (Å²) in [6, 6.07) is 6.83. The third-order valence-corrected chi connectivity index (χ3v) is 3.19. The summed E-state index contributed by atoms with van der Waals surface area (Å²) >= 11 is 0. The van der Waals surface area contributed by atoms with Crippen LogP contribution in [-0.4, -0.2) is 22.5 Å². The monoisotopic (exact) mass is 274 g/mol. The molecule has 2 rings (SSSR count). The number of aromatic amines is 1. The third kappa shape index (κ3) is 2.82. The number of fused-ring (bicyclic) bond motifs is 1. The number of pyridine rings is 1.